The Bertz CT molecular complexity index is 564. The summed E-state index contributed by atoms with van der Waals surface area (Å²) in [5.74, 6) is -0.252. The van der Waals surface area contributed by atoms with Gasteiger partial charge in [0.25, 0.3) is 0 Å². The molecule has 2 rings (SSSR count). The summed E-state index contributed by atoms with van der Waals surface area (Å²) in [7, 11) is -1.24. The van der Waals surface area contributed by atoms with Crippen LogP contribution in [-0.2, 0) is 21.3 Å². The van der Waals surface area contributed by atoms with Crippen LogP contribution in [0.2, 0.25) is 0 Å². The smallest absolute Gasteiger partial charge is 0.230 e. The van der Waals surface area contributed by atoms with Gasteiger partial charge in [0.2, 0.25) is 5.91 Å². The second-order valence-electron chi connectivity index (χ2n) is 3.83. The minimum Gasteiger partial charge on any atom is -0.369 e. The zero-order valence-electron chi connectivity index (χ0n) is 9.67. The van der Waals surface area contributed by atoms with Crippen LogP contribution in [0.5, 0.6) is 0 Å². The first-order valence-electron chi connectivity index (χ1n) is 5.42. The summed E-state index contributed by atoms with van der Waals surface area (Å²) in [4.78, 5) is 11.9. The molecule has 94 valence electrons. The molecule has 0 aliphatic heterocycles. The molecule has 1 aromatic heterocycles. The first-order valence-corrected chi connectivity index (χ1v) is 7.78. The molecule has 5 heteroatoms. The first kappa shape index (κ1) is 13.0. The largest absolute Gasteiger partial charge is 0.369 e. The van der Waals surface area contributed by atoms with Crippen LogP contribution in [0.25, 0.3) is 10.4 Å². The van der Waals surface area contributed by atoms with Crippen LogP contribution >= 0.6 is 11.3 Å². The van der Waals surface area contributed by atoms with Crippen molar-refractivity contribution in [3.63, 3.8) is 0 Å². The summed E-state index contributed by atoms with van der Waals surface area (Å²) in [6.07, 6.45) is 0. The maximum Gasteiger partial charge on any atom is 0.230 e. The Morgan fingerprint density at radius 3 is 2.67 bits per heavy atom. The molecule has 0 aliphatic carbocycles. The fourth-order valence-electron chi connectivity index (χ4n) is 1.70. The van der Waals surface area contributed by atoms with Crippen molar-refractivity contribution in [2.75, 3.05) is 5.75 Å². The van der Waals surface area contributed by atoms with Gasteiger partial charge in [0.1, 0.15) is 5.75 Å². The molecule has 18 heavy (non-hydrogen) atoms. The highest BCUT2D eigenvalue weighted by Gasteiger charge is 2.10. The lowest BCUT2D eigenvalue weighted by Crippen LogP contribution is -2.20. The molecular weight excluding hydrogens is 266 g/mol. The molecule has 1 heterocycles. The number of hydrogen-bond acceptors (Lipinski definition) is 3. The highest BCUT2D eigenvalue weighted by molar-refractivity contribution is 7.84. The molecule has 1 atom stereocenters. The highest BCUT2D eigenvalue weighted by atomic mass is 32.2. The first-order chi connectivity index (χ1) is 8.66. The van der Waals surface area contributed by atoms with E-state index < -0.39 is 16.7 Å². The minimum absolute atomic E-state index is 0.0845. The molecule has 1 amide bonds. The lowest BCUT2D eigenvalue weighted by Gasteiger charge is -2.07. The van der Waals surface area contributed by atoms with Crippen LogP contribution in [0.3, 0.4) is 0 Å². The third-order valence-electron chi connectivity index (χ3n) is 2.42. The average Bonchev–Trinajstić information content (AvgIpc) is 2.81. The number of carbonyl (C=O) groups excluding carboxylic acids is 1. The standard InChI is InChI=1S/C13H13NO2S2/c14-13(15)9-18(16)8-10-4-1-2-5-11(10)12-6-3-7-17-12/h1-7H,8-9H2,(H2,14,15)/t18-/m1/s1. The van der Waals surface area contributed by atoms with Crippen LogP contribution in [0.4, 0.5) is 0 Å². The Morgan fingerprint density at radius 1 is 1.22 bits per heavy atom. The van der Waals surface area contributed by atoms with Crippen LogP contribution < -0.4 is 5.73 Å². The monoisotopic (exact) mass is 279 g/mol. The highest BCUT2D eigenvalue weighted by Crippen LogP contribution is 2.28. The van der Waals surface area contributed by atoms with Crippen molar-refractivity contribution >= 4 is 28.0 Å². The maximum atomic E-state index is 11.8. The van der Waals surface area contributed by atoms with Gasteiger partial charge in [-0.3, -0.25) is 9.00 Å². The van der Waals surface area contributed by atoms with Gasteiger partial charge in [0, 0.05) is 21.4 Å². The van der Waals surface area contributed by atoms with E-state index >= 15 is 0 Å². The summed E-state index contributed by atoms with van der Waals surface area (Å²) in [5, 5.41) is 2.01. The number of primary amides is 1. The van der Waals surface area contributed by atoms with Crippen LogP contribution in [0, 0.1) is 0 Å². The molecular formula is C13H13NO2S2. The molecule has 0 saturated heterocycles. The Morgan fingerprint density at radius 2 is 2.00 bits per heavy atom. The van der Waals surface area contributed by atoms with Crippen molar-refractivity contribution in [3.8, 4) is 10.4 Å². The van der Waals surface area contributed by atoms with Crippen molar-refractivity contribution in [3.05, 3.63) is 47.3 Å². The fraction of sp³-hybridized carbons (Fsp3) is 0.154. The second-order valence-corrected chi connectivity index (χ2v) is 6.23. The summed E-state index contributed by atoms with van der Waals surface area (Å²) in [6.45, 7) is 0. The van der Waals surface area contributed by atoms with Crippen molar-refractivity contribution in [2.24, 2.45) is 5.73 Å². The van der Waals surface area contributed by atoms with E-state index in [1.54, 1.807) is 11.3 Å². The molecule has 0 bridgehead atoms. The van der Waals surface area contributed by atoms with Gasteiger partial charge in [-0.2, -0.15) is 0 Å². The maximum absolute atomic E-state index is 11.8. The molecule has 3 nitrogen and oxygen atoms in total. The van der Waals surface area contributed by atoms with Crippen LogP contribution in [0.15, 0.2) is 41.8 Å². The average molecular weight is 279 g/mol. The van der Waals surface area contributed by atoms with Crippen molar-refractivity contribution < 1.29 is 9.00 Å². The SMILES string of the molecule is NC(=O)C[S@](=O)Cc1ccccc1-c1cccs1. The number of nitrogens with two attached hydrogens (primary N) is 1. The van der Waals surface area contributed by atoms with Gasteiger partial charge in [-0.1, -0.05) is 30.3 Å². The van der Waals surface area contributed by atoms with Gasteiger partial charge in [-0.25, -0.2) is 0 Å². The Labute approximate surface area is 112 Å². The number of hydrogen-bond donors (Lipinski definition) is 1. The van der Waals surface area contributed by atoms with E-state index in [1.165, 1.54) is 0 Å². The quantitative estimate of drug-likeness (QED) is 0.911. The van der Waals surface area contributed by atoms with E-state index in [1.807, 2.05) is 41.8 Å². The minimum atomic E-state index is -1.24. The summed E-state index contributed by atoms with van der Waals surface area (Å²) in [6, 6.07) is 11.8. The van der Waals surface area contributed by atoms with E-state index in [4.69, 9.17) is 5.73 Å². The van der Waals surface area contributed by atoms with E-state index in [0.717, 1.165) is 16.0 Å². The third-order valence-corrected chi connectivity index (χ3v) is 4.57. The van der Waals surface area contributed by atoms with Gasteiger partial charge in [0.05, 0.1) is 0 Å². The van der Waals surface area contributed by atoms with Gasteiger partial charge in [-0.05, 0) is 22.6 Å². The van der Waals surface area contributed by atoms with Gasteiger partial charge in [0.15, 0.2) is 0 Å². The molecule has 0 fully saturated rings. The molecule has 2 aromatic rings. The van der Waals surface area contributed by atoms with Gasteiger partial charge >= 0.3 is 0 Å². The third kappa shape index (κ3) is 3.27. The van der Waals surface area contributed by atoms with Crippen LogP contribution in [0.1, 0.15) is 5.56 Å². The number of thiophene rings is 1. The van der Waals surface area contributed by atoms with E-state index in [2.05, 4.69) is 0 Å². The van der Waals surface area contributed by atoms with Crippen molar-refractivity contribution in [1.29, 1.82) is 0 Å². The van der Waals surface area contributed by atoms with Crippen molar-refractivity contribution in [2.45, 2.75) is 5.75 Å². The van der Waals surface area contributed by atoms with Gasteiger partial charge < -0.3 is 5.73 Å². The molecule has 0 unspecified atom stereocenters. The zero-order chi connectivity index (χ0) is 13.0. The van der Waals surface area contributed by atoms with E-state index in [0.29, 0.717) is 5.75 Å². The summed E-state index contributed by atoms with van der Waals surface area (Å²) < 4.78 is 11.8. The number of rotatable bonds is 5. The Kier molecular flexibility index (Phi) is 4.28. The number of benzene rings is 1. The normalized spacial score (nSPS) is 12.2. The predicted octanol–water partition coefficient (Wildman–Crippen LogP) is 2.15. The van der Waals surface area contributed by atoms with Gasteiger partial charge in [-0.15, -0.1) is 11.3 Å². The van der Waals surface area contributed by atoms with Crippen molar-refractivity contribution in [1.82, 2.24) is 0 Å². The molecule has 2 N–H and O–H groups in total. The van der Waals surface area contributed by atoms with Crippen LogP contribution in [-0.4, -0.2) is 15.9 Å². The Balaban J connectivity index is 2.23. The lowest BCUT2D eigenvalue weighted by atomic mass is 10.1. The molecule has 0 radical (unpaired) electrons. The number of amides is 1. The topological polar surface area (TPSA) is 60.2 Å². The predicted molar refractivity (Wildman–Crippen MR) is 75.7 cm³/mol. The summed E-state index contributed by atoms with van der Waals surface area (Å²) in [5.41, 5.74) is 7.11. The molecule has 0 spiro atoms. The lowest BCUT2D eigenvalue weighted by molar-refractivity contribution is -0.115. The Hall–Kier alpha value is -1.46. The molecule has 0 saturated carbocycles. The fourth-order valence-corrected chi connectivity index (χ4v) is 3.51. The van der Waals surface area contributed by atoms with E-state index in [-0.39, 0.29) is 5.75 Å². The zero-order valence-corrected chi connectivity index (χ0v) is 11.3. The molecule has 0 aliphatic rings. The second kappa shape index (κ2) is 5.93. The van der Waals surface area contributed by atoms with E-state index in [9.17, 15) is 9.00 Å². The summed E-state index contributed by atoms with van der Waals surface area (Å²) >= 11 is 1.64. The molecule has 1 aromatic carbocycles. The number of carbonyl (C=O) groups is 1.